The summed E-state index contributed by atoms with van der Waals surface area (Å²) in [6, 6.07) is 0.786. The van der Waals surface area contributed by atoms with E-state index in [1.54, 1.807) is 7.11 Å². The number of hydrogen-bond donors (Lipinski definition) is 1. The maximum absolute atomic E-state index is 5.37. The molecule has 0 radical (unpaired) electrons. The third-order valence-electron chi connectivity index (χ3n) is 2.69. The maximum Gasteiger partial charge on any atom is 0.0700 e. The molecule has 0 heterocycles. The fraction of sp³-hybridized carbons (Fsp3) is 1.00. The summed E-state index contributed by atoms with van der Waals surface area (Å²) < 4.78 is 10.3. The van der Waals surface area contributed by atoms with Gasteiger partial charge in [-0.3, -0.25) is 0 Å². The molecule has 0 aromatic heterocycles. The lowest BCUT2D eigenvalue weighted by atomic mass is 10.2. The van der Waals surface area contributed by atoms with Crippen LogP contribution in [0.4, 0.5) is 0 Å². The Morgan fingerprint density at radius 1 is 1.14 bits per heavy atom. The van der Waals surface area contributed by atoms with Crippen LogP contribution >= 0.6 is 0 Å². The maximum atomic E-state index is 5.37. The standard InChI is InChI=1S/C11H23NO2/c1-13-9-10-14-8-4-7-12-11-5-2-3-6-11/h11-12H,2-10H2,1H3. The second-order valence-electron chi connectivity index (χ2n) is 3.89. The zero-order chi connectivity index (χ0) is 10.1. The highest BCUT2D eigenvalue weighted by atomic mass is 16.5. The van der Waals surface area contributed by atoms with Crippen molar-refractivity contribution in [1.82, 2.24) is 5.32 Å². The SMILES string of the molecule is COCCOCCCNC1CCCC1. The highest BCUT2D eigenvalue weighted by Gasteiger charge is 2.12. The number of nitrogens with one attached hydrogen (secondary N) is 1. The Morgan fingerprint density at radius 2 is 1.93 bits per heavy atom. The molecule has 1 rings (SSSR count). The van der Waals surface area contributed by atoms with Crippen molar-refractivity contribution < 1.29 is 9.47 Å². The normalized spacial score (nSPS) is 17.8. The van der Waals surface area contributed by atoms with E-state index in [-0.39, 0.29) is 0 Å². The summed E-state index contributed by atoms with van der Waals surface area (Å²) in [6.45, 7) is 3.37. The monoisotopic (exact) mass is 201 g/mol. The van der Waals surface area contributed by atoms with Crippen LogP contribution in [0.1, 0.15) is 32.1 Å². The largest absolute Gasteiger partial charge is 0.382 e. The lowest BCUT2D eigenvalue weighted by Gasteiger charge is -2.11. The lowest BCUT2D eigenvalue weighted by Crippen LogP contribution is -2.27. The van der Waals surface area contributed by atoms with E-state index in [0.29, 0.717) is 6.61 Å². The van der Waals surface area contributed by atoms with E-state index in [4.69, 9.17) is 9.47 Å². The molecule has 0 amide bonds. The zero-order valence-electron chi connectivity index (χ0n) is 9.26. The molecule has 0 bridgehead atoms. The second-order valence-corrected chi connectivity index (χ2v) is 3.89. The molecule has 0 saturated heterocycles. The molecule has 0 aromatic carbocycles. The first kappa shape index (κ1) is 12.0. The predicted octanol–water partition coefficient (Wildman–Crippen LogP) is 1.57. The number of rotatable bonds is 8. The van der Waals surface area contributed by atoms with Crippen LogP contribution in [0.25, 0.3) is 0 Å². The van der Waals surface area contributed by atoms with Crippen LogP contribution in [0.5, 0.6) is 0 Å². The van der Waals surface area contributed by atoms with Gasteiger partial charge in [0.1, 0.15) is 0 Å². The van der Waals surface area contributed by atoms with Crippen molar-refractivity contribution in [3.8, 4) is 0 Å². The van der Waals surface area contributed by atoms with Gasteiger partial charge in [-0.1, -0.05) is 12.8 Å². The Hall–Kier alpha value is -0.120. The minimum Gasteiger partial charge on any atom is -0.382 e. The summed E-state index contributed by atoms with van der Waals surface area (Å²) >= 11 is 0. The summed E-state index contributed by atoms with van der Waals surface area (Å²) in [6.07, 6.45) is 6.65. The molecule has 0 aromatic rings. The first-order valence-corrected chi connectivity index (χ1v) is 5.73. The fourth-order valence-corrected chi connectivity index (χ4v) is 1.85. The van der Waals surface area contributed by atoms with Crippen LogP contribution in [-0.2, 0) is 9.47 Å². The number of ether oxygens (including phenoxy) is 2. The Morgan fingerprint density at radius 3 is 2.64 bits per heavy atom. The molecule has 1 N–H and O–H groups in total. The predicted molar refractivity (Wildman–Crippen MR) is 57.6 cm³/mol. The molecular weight excluding hydrogens is 178 g/mol. The third kappa shape index (κ3) is 5.58. The van der Waals surface area contributed by atoms with Gasteiger partial charge in [0.15, 0.2) is 0 Å². The van der Waals surface area contributed by atoms with Gasteiger partial charge in [0.05, 0.1) is 13.2 Å². The van der Waals surface area contributed by atoms with Gasteiger partial charge in [-0.15, -0.1) is 0 Å². The van der Waals surface area contributed by atoms with Crippen molar-refractivity contribution in [3.63, 3.8) is 0 Å². The highest BCUT2D eigenvalue weighted by Crippen LogP contribution is 2.17. The average molecular weight is 201 g/mol. The van der Waals surface area contributed by atoms with Gasteiger partial charge in [-0.05, 0) is 25.8 Å². The van der Waals surface area contributed by atoms with Crippen LogP contribution < -0.4 is 5.32 Å². The molecular formula is C11H23NO2. The molecule has 3 heteroatoms. The summed E-state index contributed by atoms with van der Waals surface area (Å²) in [5, 5.41) is 3.56. The highest BCUT2D eigenvalue weighted by molar-refractivity contribution is 4.72. The van der Waals surface area contributed by atoms with Crippen LogP contribution in [0, 0.1) is 0 Å². The Balaban J connectivity index is 1.75. The van der Waals surface area contributed by atoms with Crippen molar-refractivity contribution in [2.75, 3.05) is 33.5 Å². The topological polar surface area (TPSA) is 30.5 Å². The molecule has 0 aliphatic heterocycles. The smallest absolute Gasteiger partial charge is 0.0700 e. The van der Waals surface area contributed by atoms with E-state index >= 15 is 0 Å². The Kier molecular flexibility index (Phi) is 7.01. The van der Waals surface area contributed by atoms with Crippen molar-refractivity contribution in [1.29, 1.82) is 0 Å². The summed E-state index contributed by atoms with van der Waals surface area (Å²) in [7, 11) is 1.70. The van der Waals surface area contributed by atoms with Crippen molar-refractivity contribution in [3.05, 3.63) is 0 Å². The molecule has 1 aliphatic carbocycles. The van der Waals surface area contributed by atoms with Gasteiger partial charge in [0.25, 0.3) is 0 Å². The number of methoxy groups -OCH3 is 1. The van der Waals surface area contributed by atoms with E-state index in [0.717, 1.165) is 32.2 Å². The second kappa shape index (κ2) is 8.21. The van der Waals surface area contributed by atoms with Gasteiger partial charge in [0, 0.05) is 19.8 Å². The molecule has 0 unspecified atom stereocenters. The molecule has 14 heavy (non-hydrogen) atoms. The third-order valence-corrected chi connectivity index (χ3v) is 2.69. The minimum absolute atomic E-state index is 0.704. The first-order chi connectivity index (χ1) is 6.93. The van der Waals surface area contributed by atoms with Crippen molar-refractivity contribution >= 4 is 0 Å². The van der Waals surface area contributed by atoms with Gasteiger partial charge < -0.3 is 14.8 Å². The summed E-state index contributed by atoms with van der Waals surface area (Å²) in [5.74, 6) is 0. The molecule has 84 valence electrons. The quantitative estimate of drug-likeness (QED) is 0.605. The average Bonchev–Trinajstić information content (AvgIpc) is 2.69. The van der Waals surface area contributed by atoms with E-state index in [2.05, 4.69) is 5.32 Å². The van der Waals surface area contributed by atoms with Crippen LogP contribution in [0.2, 0.25) is 0 Å². The Bertz CT molecular complexity index is 124. The van der Waals surface area contributed by atoms with Gasteiger partial charge >= 0.3 is 0 Å². The molecule has 3 nitrogen and oxygen atoms in total. The molecule has 1 fully saturated rings. The van der Waals surface area contributed by atoms with Gasteiger partial charge in [0.2, 0.25) is 0 Å². The van der Waals surface area contributed by atoms with Crippen LogP contribution in [0.3, 0.4) is 0 Å². The summed E-state index contributed by atoms with van der Waals surface area (Å²) in [5.41, 5.74) is 0. The first-order valence-electron chi connectivity index (χ1n) is 5.73. The zero-order valence-corrected chi connectivity index (χ0v) is 9.26. The molecule has 1 aliphatic rings. The van der Waals surface area contributed by atoms with Crippen molar-refractivity contribution in [2.45, 2.75) is 38.1 Å². The van der Waals surface area contributed by atoms with E-state index < -0.39 is 0 Å². The van der Waals surface area contributed by atoms with E-state index in [9.17, 15) is 0 Å². The molecule has 1 saturated carbocycles. The lowest BCUT2D eigenvalue weighted by molar-refractivity contribution is 0.0692. The Labute approximate surface area is 87.2 Å². The van der Waals surface area contributed by atoms with Crippen LogP contribution in [0.15, 0.2) is 0 Å². The minimum atomic E-state index is 0.704. The van der Waals surface area contributed by atoms with E-state index in [1.165, 1.54) is 25.7 Å². The van der Waals surface area contributed by atoms with Gasteiger partial charge in [-0.2, -0.15) is 0 Å². The fourth-order valence-electron chi connectivity index (χ4n) is 1.85. The molecule has 0 spiro atoms. The van der Waals surface area contributed by atoms with Gasteiger partial charge in [-0.25, -0.2) is 0 Å². The van der Waals surface area contributed by atoms with Crippen molar-refractivity contribution in [2.24, 2.45) is 0 Å². The summed E-state index contributed by atoms with van der Waals surface area (Å²) in [4.78, 5) is 0. The molecule has 0 atom stereocenters. The number of hydrogen-bond acceptors (Lipinski definition) is 3. The van der Waals surface area contributed by atoms with E-state index in [1.807, 2.05) is 0 Å². The van der Waals surface area contributed by atoms with Crippen LogP contribution in [-0.4, -0.2) is 39.5 Å².